The lowest BCUT2D eigenvalue weighted by atomic mass is 9.93. The van der Waals surface area contributed by atoms with Crippen LogP contribution in [0.25, 0.3) is 0 Å². The highest BCUT2D eigenvalue weighted by atomic mass is 32.2. The van der Waals surface area contributed by atoms with Crippen molar-refractivity contribution in [3.8, 4) is 0 Å². The average molecular weight is 494 g/mol. The third kappa shape index (κ3) is 6.08. The van der Waals surface area contributed by atoms with Crippen LogP contribution in [0.15, 0.2) is 89.8 Å². The molecule has 2 unspecified atom stereocenters. The molecule has 0 radical (unpaired) electrons. The van der Waals surface area contributed by atoms with Crippen molar-refractivity contribution in [3.05, 3.63) is 102 Å². The van der Waals surface area contributed by atoms with Gasteiger partial charge in [0.05, 0.1) is 17.0 Å². The van der Waals surface area contributed by atoms with E-state index in [1.807, 2.05) is 67.6 Å². The molecule has 0 bridgehead atoms. The quantitative estimate of drug-likeness (QED) is 0.408. The molecule has 0 spiro atoms. The first-order valence-electron chi connectivity index (χ1n) is 11.8. The van der Waals surface area contributed by atoms with Crippen LogP contribution in [-0.4, -0.2) is 43.6 Å². The van der Waals surface area contributed by atoms with Gasteiger partial charge in [0, 0.05) is 19.1 Å². The summed E-state index contributed by atoms with van der Waals surface area (Å²) in [4.78, 5) is 13.3. The summed E-state index contributed by atoms with van der Waals surface area (Å²) in [5.41, 5.74) is 2.70. The Hall–Kier alpha value is -3.20. The Balaban J connectivity index is 1.69. The van der Waals surface area contributed by atoms with E-state index in [0.717, 1.165) is 29.5 Å². The fourth-order valence-electron chi connectivity index (χ4n) is 4.59. The van der Waals surface area contributed by atoms with Gasteiger partial charge in [0.2, 0.25) is 10.0 Å². The molecule has 3 atom stereocenters. The van der Waals surface area contributed by atoms with Crippen LogP contribution in [-0.2, 0) is 10.0 Å². The molecule has 0 aromatic heterocycles. The summed E-state index contributed by atoms with van der Waals surface area (Å²) in [6.45, 7) is 2.84. The van der Waals surface area contributed by atoms with Gasteiger partial charge in [0.1, 0.15) is 0 Å². The summed E-state index contributed by atoms with van der Waals surface area (Å²) in [6.07, 6.45) is 0.660. The molecule has 1 amide bonds. The Morgan fingerprint density at radius 3 is 2.09 bits per heavy atom. The zero-order valence-electron chi connectivity index (χ0n) is 19.7. The zero-order valence-corrected chi connectivity index (χ0v) is 20.5. The van der Waals surface area contributed by atoms with Gasteiger partial charge in [-0.2, -0.15) is 0 Å². The minimum absolute atomic E-state index is 0.163. The van der Waals surface area contributed by atoms with E-state index in [0.29, 0.717) is 13.1 Å². The number of carbonyl (C=O) groups is 1. The van der Waals surface area contributed by atoms with Gasteiger partial charge in [-0.15, -0.1) is 0 Å². The van der Waals surface area contributed by atoms with E-state index in [2.05, 4.69) is 10.0 Å². The predicted octanol–water partition coefficient (Wildman–Crippen LogP) is 4.49. The van der Waals surface area contributed by atoms with E-state index >= 15 is 0 Å². The van der Waals surface area contributed by atoms with Gasteiger partial charge in [0.25, 0.3) is 0 Å². The van der Waals surface area contributed by atoms with Gasteiger partial charge in [0.15, 0.2) is 0 Å². The van der Waals surface area contributed by atoms with Crippen molar-refractivity contribution in [3.63, 3.8) is 0 Å². The van der Waals surface area contributed by atoms with Crippen LogP contribution in [0, 0.1) is 6.92 Å². The molecule has 7 nitrogen and oxygen atoms in total. The lowest BCUT2D eigenvalue weighted by Gasteiger charge is -2.32. The van der Waals surface area contributed by atoms with E-state index in [-0.39, 0.29) is 10.9 Å². The summed E-state index contributed by atoms with van der Waals surface area (Å²) >= 11 is 0. The topological polar surface area (TPSA) is 98.7 Å². The molecule has 1 aliphatic rings. The monoisotopic (exact) mass is 493 g/mol. The Bertz CT molecular complexity index is 1220. The third-order valence-corrected chi connectivity index (χ3v) is 7.92. The number of benzene rings is 3. The van der Waals surface area contributed by atoms with Crippen molar-refractivity contribution in [2.45, 2.75) is 42.8 Å². The molecule has 4 rings (SSSR count). The number of nitrogens with one attached hydrogen (secondary N) is 2. The maximum atomic E-state index is 13.4. The van der Waals surface area contributed by atoms with Crippen molar-refractivity contribution < 1.29 is 18.3 Å². The molecule has 3 aromatic rings. The number of hydrogen-bond donors (Lipinski definition) is 3. The number of hydrogen-bond acceptors (Lipinski definition) is 4. The first kappa shape index (κ1) is 24.9. The molecule has 184 valence electrons. The van der Waals surface area contributed by atoms with Gasteiger partial charge in [-0.1, -0.05) is 78.4 Å². The summed E-state index contributed by atoms with van der Waals surface area (Å²) in [5.74, 6) is 0. The number of sulfonamides is 1. The molecule has 3 N–H and O–H groups in total. The Morgan fingerprint density at radius 2 is 1.51 bits per heavy atom. The van der Waals surface area contributed by atoms with E-state index in [9.17, 15) is 18.3 Å². The van der Waals surface area contributed by atoms with Crippen LogP contribution >= 0.6 is 0 Å². The smallest absolute Gasteiger partial charge is 0.407 e. The minimum atomic E-state index is -3.83. The largest absolute Gasteiger partial charge is 0.465 e. The van der Waals surface area contributed by atoms with Crippen molar-refractivity contribution >= 4 is 16.1 Å². The molecule has 0 saturated carbocycles. The van der Waals surface area contributed by atoms with Crippen LogP contribution in [0.5, 0.6) is 0 Å². The zero-order chi connectivity index (χ0) is 24.8. The standard InChI is InChI=1S/C27H31N3O4S/c1-20-14-16-24(17-15-20)35(33,34)29-26(22-11-6-3-7-12-22)25(21-9-4-2-5-10-21)28-19-23-13-8-18-30(23)27(31)32/h2-7,9-12,14-17,23,25-26,28-29H,8,13,18-19H2,1H3,(H,31,32)/t23-,25?,26?/m0/s1. The average Bonchev–Trinajstić information content (AvgIpc) is 3.34. The van der Waals surface area contributed by atoms with Gasteiger partial charge in [-0.05, 0) is 43.0 Å². The number of amides is 1. The molecule has 1 fully saturated rings. The second-order valence-corrected chi connectivity index (χ2v) is 10.6. The van der Waals surface area contributed by atoms with Crippen molar-refractivity contribution in [2.24, 2.45) is 0 Å². The lowest BCUT2D eigenvalue weighted by Crippen LogP contribution is -2.45. The Labute approximate surface area is 206 Å². The second-order valence-electron chi connectivity index (χ2n) is 8.89. The number of carboxylic acid groups (broad SMARTS) is 1. The first-order valence-corrected chi connectivity index (χ1v) is 13.3. The second kappa shape index (κ2) is 11.0. The van der Waals surface area contributed by atoms with E-state index in [4.69, 9.17) is 0 Å². The summed E-state index contributed by atoms with van der Waals surface area (Å²) in [5, 5.41) is 13.1. The number of aryl methyl sites for hydroxylation is 1. The highest BCUT2D eigenvalue weighted by Gasteiger charge is 2.33. The van der Waals surface area contributed by atoms with Crippen LogP contribution < -0.4 is 10.0 Å². The van der Waals surface area contributed by atoms with E-state index in [1.165, 1.54) is 4.90 Å². The number of rotatable bonds is 9. The lowest BCUT2D eigenvalue weighted by molar-refractivity contribution is 0.138. The molecular weight excluding hydrogens is 462 g/mol. The van der Waals surface area contributed by atoms with Crippen LogP contribution in [0.3, 0.4) is 0 Å². The molecule has 8 heteroatoms. The van der Waals surface area contributed by atoms with E-state index in [1.54, 1.807) is 24.3 Å². The van der Waals surface area contributed by atoms with Crippen LogP contribution in [0.4, 0.5) is 4.79 Å². The normalized spacial score (nSPS) is 17.7. The fourth-order valence-corrected chi connectivity index (χ4v) is 5.83. The summed E-state index contributed by atoms with van der Waals surface area (Å²) in [6, 6.07) is 24.7. The third-order valence-electron chi connectivity index (χ3n) is 6.46. The highest BCUT2D eigenvalue weighted by Crippen LogP contribution is 2.31. The predicted molar refractivity (Wildman–Crippen MR) is 136 cm³/mol. The van der Waals surface area contributed by atoms with Gasteiger partial charge < -0.3 is 15.3 Å². The van der Waals surface area contributed by atoms with E-state index < -0.39 is 28.2 Å². The molecule has 3 aromatic carbocycles. The Kier molecular flexibility index (Phi) is 7.85. The molecule has 1 heterocycles. The maximum Gasteiger partial charge on any atom is 0.407 e. The summed E-state index contributed by atoms with van der Waals surface area (Å²) < 4.78 is 29.8. The molecule has 1 saturated heterocycles. The SMILES string of the molecule is Cc1ccc(S(=O)(=O)NC(c2ccccc2)C(NC[C@@H]2CCCN2C(=O)O)c2ccccc2)cc1. The molecule has 1 aliphatic heterocycles. The van der Waals surface area contributed by atoms with Crippen molar-refractivity contribution in [1.29, 1.82) is 0 Å². The fraction of sp³-hybridized carbons (Fsp3) is 0.296. The molecular formula is C27H31N3O4S. The number of likely N-dealkylation sites (tertiary alicyclic amines) is 1. The van der Waals surface area contributed by atoms with Gasteiger partial charge in [-0.25, -0.2) is 17.9 Å². The minimum Gasteiger partial charge on any atom is -0.465 e. The van der Waals surface area contributed by atoms with Crippen molar-refractivity contribution in [2.75, 3.05) is 13.1 Å². The van der Waals surface area contributed by atoms with Gasteiger partial charge in [-0.3, -0.25) is 0 Å². The highest BCUT2D eigenvalue weighted by molar-refractivity contribution is 7.89. The first-order chi connectivity index (χ1) is 16.8. The summed E-state index contributed by atoms with van der Waals surface area (Å²) in [7, 11) is -3.83. The van der Waals surface area contributed by atoms with Crippen LogP contribution in [0.2, 0.25) is 0 Å². The Morgan fingerprint density at radius 1 is 0.943 bits per heavy atom. The molecule has 0 aliphatic carbocycles. The number of nitrogens with zero attached hydrogens (tertiary/aromatic N) is 1. The van der Waals surface area contributed by atoms with Crippen molar-refractivity contribution in [1.82, 2.24) is 14.9 Å². The maximum absolute atomic E-state index is 13.4. The molecule has 35 heavy (non-hydrogen) atoms. The van der Waals surface area contributed by atoms with Crippen LogP contribution in [0.1, 0.15) is 41.6 Å². The van der Waals surface area contributed by atoms with Gasteiger partial charge >= 0.3 is 6.09 Å².